The summed E-state index contributed by atoms with van der Waals surface area (Å²) in [5.74, 6) is -0.727. The van der Waals surface area contributed by atoms with Crippen molar-refractivity contribution in [2.24, 2.45) is 5.92 Å². The van der Waals surface area contributed by atoms with Gasteiger partial charge in [0.25, 0.3) is 5.56 Å². The van der Waals surface area contributed by atoms with E-state index in [0.29, 0.717) is 11.1 Å². The van der Waals surface area contributed by atoms with Crippen LogP contribution in [0.1, 0.15) is 55.2 Å². The summed E-state index contributed by atoms with van der Waals surface area (Å²) < 4.78 is 34.8. The van der Waals surface area contributed by atoms with Crippen LogP contribution in [0.15, 0.2) is 81.6 Å². The summed E-state index contributed by atoms with van der Waals surface area (Å²) in [5.41, 5.74) is 2.85. The second-order valence-electron chi connectivity index (χ2n) is 10.5. The molecule has 2 heterocycles. The molecule has 1 fully saturated rings. The van der Waals surface area contributed by atoms with Gasteiger partial charge in [0.15, 0.2) is 4.90 Å². The Hall–Kier alpha value is -4.33. The molecule has 9 nitrogen and oxygen atoms in total. The van der Waals surface area contributed by atoms with Gasteiger partial charge in [-0.2, -0.15) is 10.2 Å². The first-order chi connectivity index (χ1) is 19.6. The fraction of sp³-hybridized carbons (Fsp3) is 0.290. The highest BCUT2D eigenvalue weighted by Gasteiger charge is 2.39. The van der Waals surface area contributed by atoms with Crippen molar-refractivity contribution >= 4 is 9.84 Å². The van der Waals surface area contributed by atoms with Gasteiger partial charge in [-0.3, -0.25) is 14.3 Å². The van der Waals surface area contributed by atoms with E-state index in [1.54, 1.807) is 42.7 Å². The Morgan fingerprint density at radius 1 is 1.15 bits per heavy atom. The number of pyridine rings is 1. The maximum Gasteiger partial charge on any atom is 0.277 e. The molecular formula is C31H30N4O5S. The fourth-order valence-electron chi connectivity index (χ4n) is 4.98. The Balaban J connectivity index is 1.66. The summed E-state index contributed by atoms with van der Waals surface area (Å²) in [6.07, 6.45) is 4.81. The molecule has 2 aromatic heterocycles. The molecular weight excluding hydrogens is 540 g/mol. The molecule has 0 radical (unpaired) electrons. The van der Waals surface area contributed by atoms with Crippen LogP contribution < -0.4 is 5.56 Å². The maximum atomic E-state index is 14.2. The van der Waals surface area contributed by atoms with Crippen molar-refractivity contribution in [3.63, 3.8) is 0 Å². The first-order valence-electron chi connectivity index (χ1n) is 13.3. The zero-order chi connectivity index (χ0) is 29.3. The lowest BCUT2D eigenvalue weighted by molar-refractivity contribution is 0.0571. The molecule has 0 aliphatic heterocycles. The average Bonchev–Trinajstić information content (AvgIpc) is 3.79. The standard InChI is InChI=1S/C31H30N4O5S/c1-19(2)40-18-27-34-30(36)29(31(37)35(27)28(23-7-8-23)24-6-4-5-21(15-24)16-32)41(38,39)25-11-9-22(10-12-25)26-13-14-33-17-20(26)3/h4-6,9-15,17,19,23,28,36H,7-8,18H2,1-3H3. The molecule has 2 aromatic carbocycles. The first kappa shape index (κ1) is 28.2. The summed E-state index contributed by atoms with van der Waals surface area (Å²) in [6, 6.07) is 16.4. The third-order valence-corrected chi connectivity index (χ3v) is 8.93. The number of aryl methyl sites for hydroxylation is 1. The van der Waals surface area contributed by atoms with Crippen LogP contribution in [0.2, 0.25) is 0 Å². The van der Waals surface area contributed by atoms with Gasteiger partial charge in [0.05, 0.1) is 28.7 Å². The molecule has 0 amide bonds. The van der Waals surface area contributed by atoms with Crippen molar-refractivity contribution in [2.75, 3.05) is 0 Å². The molecule has 1 unspecified atom stereocenters. The molecule has 4 aromatic rings. The van der Waals surface area contributed by atoms with Gasteiger partial charge in [-0.1, -0.05) is 24.3 Å². The minimum atomic E-state index is -4.47. The second-order valence-corrected chi connectivity index (χ2v) is 12.3. The molecule has 0 bridgehead atoms. The number of benzene rings is 2. The molecule has 0 spiro atoms. The normalized spacial score (nSPS) is 14.1. The molecule has 1 aliphatic rings. The minimum Gasteiger partial charge on any atom is -0.492 e. The Kier molecular flexibility index (Phi) is 7.76. The van der Waals surface area contributed by atoms with Crippen LogP contribution in [0.4, 0.5) is 0 Å². The quantitative estimate of drug-likeness (QED) is 0.299. The van der Waals surface area contributed by atoms with Gasteiger partial charge in [0, 0.05) is 12.4 Å². The smallest absolute Gasteiger partial charge is 0.277 e. The summed E-state index contributed by atoms with van der Waals surface area (Å²) in [7, 11) is -4.47. The van der Waals surface area contributed by atoms with Gasteiger partial charge in [0.1, 0.15) is 12.4 Å². The van der Waals surface area contributed by atoms with Crippen LogP contribution in [-0.2, 0) is 21.2 Å². The second kappa shape index (κ2) is 11.3. The van der Waals surface area contributed by atoms with E-state index in [0.717, 1.165) is 29.5 Å². The summed E-state index contributed by atoms with van der Waals surface area (Å²) in [4.78, 5) is 21.5. The Morgan fingerprint density at radius 2 is 1.88 bits per heavy atom. The van der Waals surface area contributed by atoms with E-state index in [9.17, 15) is 23.6 Å². The fourth-order valence-corrected chi connectivity index (χ4v) is 6.32. The molecule has 0 saturated heterocycles. The summed E-state index contributed by atoms with van der Waals surface area (Å²) in [6.45, 7) is 5.45. The third kappa shape index (κ3) is 5.64. The lowest BCUT2D eigenvalue weighted by Crippen LogP contribution is -2.35. The van der Waals surface area contributed by atoms with E-state index in [1.165, 1.54) is 16.7 Å². The monoisotopic (exact) mass is 570 g/mol. The summed E-state index contributed by atoms with van der Waals surface area (Å²) >= 11 is 0. The van der Waals surface area contributed by atoms with Crippen molar-refractivity contribution in [2.45, 2.75) is 62.2 Å². The van der Waals surface area contributed by atoms with Crippen molar-refractivity contribution in [3.8, 4) is 23.1 Å². The maximum absolute atomic E-state index is 14.2. The number of aromatic nitrogens is 3. The molecule has 1 aliphatic carbocycles. The number of nitrogens with zero attached hydrogens (tertiary/aromatic N) is 4. The highest BCUT2D eigenvalue weighted by atomic mass is 32.2. The highest BCUT2D eigenvalue weighted by Crippen LogP contribution is 2.44. The minimum absolute atomic E-state index is 0.0317. The van der Waals surface area contributed by atoms with Crippen molar-refractivity contribution in [3.05, 3.63) is 99.9 Å². The number of nitriles is 1. The lowest BCUT2D eigenvalue weighted by Gasteiger charge is -2.25. The van der Waals surface area contributed by atoms with Crippen LogP contribution in [0, 0.1) is 24.2 Å². The van der Waals surface area contributed by atoms with Gasteiger partial charge in [-0.15, -0.1) is 0 Å². The van der Waals surface area contributed by atoms with Crippen LogP contribution in [0.3, 0.4) is 0 Å². The van der Waals surface area contributed by atoms with Crippen LogP contribution >= 0.6 is 0 Å². The number of hydrogen-bond acceptors (Lipinski definition) is 8. The van der Waals surface area contributed by atoms with Crippen LogP contribution in [0.5, 0.6) is 5.88 Å². The van der Waals surface area contributed by atoms with E-state index in [4.69, 9.17) is 4.74 Å². The Bertz CT molecular complexity index is 1800. The SMILES string of the molecule is Cc1cnccc1-c1ccc(S(=O)(=O)c2c(O)nc(COC(C)C)n(C(c3cccc(C#N)c3)C3CC3)c2=O)cc1. The third-order valence-electron chi connectivity index (χ3n) is 7.14. The number of rotatable bonds is 9. The Morgan fingerprint density at radius 3 is 2.51 bits per heavy atom. The lowest BCUT2D eigenvalue weighted by atomic mass is 9.99. The van der Waals surface area contributed by atoms with Gasteiger partial charge < -0.3 is 9.84 Å². The van der Waals surface area contributed by atoms with E-state index >= 15 is 0 Å². The zero-order valence-electron chi connectivity index (χ0n) is 23.0. The Labute approximate surface area is 238 Å². The molecule has 41 heavy (non-hydrogen) atoms. The largest absolute Gasteiger partial charge is 0.492 e. The van der Waals surface area contributed by atoms with Crippen LogP contribution in [0.25, 0.3) is 11.1 Å². The van der Waals surface area contributed by atoms with Gasteiger partial charge in [-0.25, -0.2) is 8.42 Å². The average molecular weight is 571 g/mol. The van der Waals surface area contributed by atoms with E-state index in [2.05, 4.69) is 16.0 Å². The predicted molar refractivity (Wildman–Crippen MR) is 152 cm³/mol. The number of ether oxygens (including phenoxy) is 1. The van der Waals surface area contributed by atoms with Crippen molar-refractivity contribution < 1.29 is 18.3 Å². The molecule has 10 heteroatoms. The predicted octanol–water partition coefficient (Wildman–Crippen LogP) is 4.95. The zero-order valence-corrected chi connectivity index (χ0v) is 23.8. The van der Waals surface area contributed by atoms with Gasteiger partial charge in [0.2, 0.25) is 15.7 Å². The van der Waals surface area contributed by atoms with E-state index in [1.807, 2.05) is 32.9 Å². The summed E-state index contributed by atoms with van der Waals surface area (Å²) in [5, 5.41) is 20.4. The molecule has 1 N–H and O–H groups in total. The van der Waals surface area contributed by atoms with Crippen molar-refractivity contribution in [1.82, 2.24) is 14.5 Å². The van der Waals surface area contributed by atoms with E-state index < -0.39 is 32.2 Å². The molecule has 210 valence electrons. The van der Waals surface area contributed by atoms with E-state index in [-0.39, 0.29) is 29.3 Å². The molecule has 5 rings (SSSR count). The van der Waals surface area contributed by atoms with Crippen molar-refractivity contribution in [1.29, 1.82) is 5.26 Å². The highest BCUT2D eigenvalue weighted by molar-refractivity contribution is 7.91. The molecule has 1 atom stereocenters. The number of aromatic hydroxyl groups is 1. The molecule has 1 saturated carbocycles. The van der Waals surface area contributed by atoms with Crippen LogP contribution in [-0.4, -0.2) is 34.2 Å². The van der Waals surface area contributed by atoms with Gasteiger partial charge in [-0.05, 0) is 92.1 Å². The first-order valence-corrected chi connectivity index (χ1v) is 14.8. The number of hydrogen-bond donors (Lipinski definition) is 1. The topological polar surface area (TPSA) is 135 Å². The van der Waals surface area contributed by atoms with Gasteiger partial charge >= 0.3 is 0 Å². The number of sulfone groups is 1.